The van der Waals surface area contributed by atoms with Gasteiger partial charge in [-0.05, 0) is 12.8 Å². The third kappa shape index (κ3) is 4.14. The Morgan fingerprint density at radius 2 is 2.19 bits per heavy atom. The van der Waals surface area contributed by atoms with E-state index in [1.807, 2.05) is 0 Å². The Balaban J connectivity index is 1.65. The number of amides is 4. The summed E-state index contributed by atoms with van der Waals surface area (Å²) in [5.41, 5.74) is 11.4. The van der Waals surface area contributed by atoms with Crippen molar-refractivity contribution < 1.29 is 19.2 Å². The number of primary amides is 1. The first-order valence-corrected chi connectivity index (χ1v) is 10.0. The smallest absolute Gasteiger partial charge is 0.270 e. The van der Waals surface area contributed by atoms with Crippen molar-refractivity contribution >= 4 is 41.7 Å². The predicted octanol–water partition coefficient (Wildman–Crippen LogP) is -2.35. The molecule has 0 radical (unpaired) electrons. The minimum Gasteiger partial charge on any atom is -0.368 e. The quantitative estimate of drug-likeness (QED) is 0.471. The van der Waals surface area contributed by atoms with Gasteiger partial charge in [0.05, 0.1) is 11.3 Å². The summed E-state index contributed by atoms with van der Waals surface area (Å²) in [4.78, 5) is 55.4. The van der Waals surface area contributed by atoms with E-state index in [2.05, 4.69) is 10.3 Å². The summed E-state index contributed by atoms with van der Waals surface area (Å²) in [7, 11) is 0. The second kappa shape index (κ2) is 8.36. The molecule has 148 valence electrons. The number of aliphatic imine (C=N–C) groups is 1. The molecule has 4 atom stereocenters. The van der Waals surface area contributed by atoms with E-state index in [0.717, 1.165) is 12.3 Å². The zero-order valence-corrected chi connectivity index (χ0v) is 15.7. The summed E-state index contributed by atoms with van der Waals surface area (Å²) in [5.74, 6) is -0.901. The van der Waals surface area contributed by atoms with Crippen molar-refractivity contribution in [3.05, 3.63) is 0 Å². The van der Waals surface area contributed by atoms with E-state index in [0.29, 0.717) is 25.9 Å². The van der Waals surface area contributed by atoms with E-state index >= 15 is 0 Å². The monoisotopic (exact) mass is 396 g/mol. The normalized spacial score (nSPS) is 29.2. The summed E-state index contributed by atoms with van der Waals surface area (Å²) in [6, 6.07) is -2.58. The molecule has 2 fully saturated rings. The van der Waals surface area contributed by atoms with E-state index < -0.39 is 35.8 Å². The lowest BCUT2D eigenvalue weighted by Gasteiger charge is -2.30. The maximum absolute atomic E-state index is 12.7. The lowest BCUT2D eigenvalue weighted by molar-refractivity contribution is -0.139. The van der Waals surface area contributed by atoms with Gasteiger partial charge in [-0.15, -0.1) is 11.8 Å². The van der Waals surface area contributed by atoms with E-state index in [4.69, 9.17) is 11.5 Å². The van der Waals surface area contributed by atoms with Crippen LogP contribution in [0.4, 0.5) is 0 Å². The standard InChI is InChI=1S/C16H24N6O4S/c17-9(15(25)21-4-1-2-10(21)13(18)23)6-11-14(24)20-8-22(11)16(26)12-7-19-3-5-27-12/h8-12,19H,1-7,17H2,(H2,18,23)/t9-,10-,11?,12?/m0/s1. The van der Waals surface area contributed by atoms with Gasteiger partial charge in [-0.2, -0.15) is 0 Å². The van der Waals surface area contributed by atoms with Gasteiger partial charge in [-0.3, -0.25) is 24.1 Å². The van der Waals surface area contributed by atoms with Crippen molar-refractivity contribution in [2.45, 2.75) is 42.6 Å². The van der Waals surface area contributed by atoms with Gasteiger partial charge in [-0.25, -0.2) is 4.99 Å². The molecule has 0 saturated carbocycles. The Labute approximate surface area is 161 Å². The molecule has 0 aromatic rings. The second-order valence-electron chi connectivity index (χ2n) is 6.84. The molecule has 3 heterocycles. The highest BCUT2D eigenvalue weighted by Gasteiger charge is 2.41. The average molecular weight is 396 g/mol. The number of carbonyl (C=O) groups is 4. The molecule has 0 bridgehead atoms. The number of nitrogens with two attached hydrogens (primary N) is 2. The first-order chi connectivity index (χ1) is 12.9. The minimum absolute atomic E-state index is 0.0454. The number of likely N-dealkylation sites (tertiary alicyclic amines) is 1. The van der Waals surface area contributed by atoms with Crippen LogP contribution in [0, 0.1) is 0 Å². The van der Waals surface area contributed by atoms with Gasteiger partial charge in [0.25, 0.3) is 5.91 Å². The zero-order valence-electron chi connectivity index (χ0n) is 14.9. The average Bonchev–Trinajstić information content (AvgIpc) is 3.29. The number of thioether (sulfide) groups is 1. The van der Waals surface area contributed by atoms with Gasteiger partial charge in [0, 0.05) is 31.8 Å². The largest absolute Gasteiger partial charge is 0.368 e. The predicted molar refractivity (Wildman–Crippen MR) is 99.8 cm³/mol. The number of hydrogen-bond acceptors (Lipinski definition) is 7. The van der Waals surface area contributed by atoms with Crippen LogP contribution >= 0.6 is 11.8 Å². The van der Waals surface area contributed by atoms with E-state index in [1.165, 1.54) is 27.9 Å². The number of nitrogens with one attached hydrogen (secondary N) is 1. The number of rotatable bonds is 5. The third-order valence-corrected chi connectivity index (χ3v) is 6.26. The van der Waals surface area contributed by atoms with Crippen molar-refractivity contribution in [1.29, 1.82) is 0 Å². The first-order valence-electron chi connectivity index (χ1n) is 8.98. The fourth-order valence-corrected chi connectivity index (χ4v) is 4.65. The van der Waals surface area contributed by atoms with Gasteiger partial charge in [0.2, 0.25) is 17.7 Å². The second-order valence-corrected chi connectivity index (χ2v) is 8.15. The number of carbonyl (C=O) groups excluding carboxylic acids is 4. The van der Waals surface area contributed by atoms with Crippen LogP contribution in [-0.2, 0) is 19.2 Å². The molecule has 0 aromatic carbocycles. The Hall–Kier alpha value is -1.98. The highest BCUT2D eigenvalue weighted by molar-refractivity contribution is 8.00. The van der Waals surface area contributed by atoms with E-state index in [-0.39, 0.29) is 17.6 Å². The fraction of sp³-hybridized carbons (Fsp3) is 0.688. The maximum Gasteiger partial charge on any atom is 0.270 e. The van der Waals surface area contributed by atoms with Crippen LogP contribution in [0.15, 0.2) is 4.99 Å². The van der Waals surface area contributed by atoms with Crippen molar-refractivity contribution in [1.82, 2.24) is 15.1 Å². The summed E-state index contributed by atoms with van der Waals surface area (Å²) in [5, 5.41) is 2.85. The van der Waals surface area contributed by atoms with Crippen LogP contribution in [0.2, 0.25) is 0 Å². The van der Waals surface area contributed by atoms with Gasteiger partial charge < -0.3 is 21.7 Å². The highest BCUT2D eigenvalue weighted by atomic mass is 32.2. The van der Waals surface area contributed by atoms with E-state index in [9.17, 15) is 19.2 Å². The van der Waals surface area contributed by atoms with Crippen LogP contribution in [-0.4, -0.2) is 88.5 Å². The van der Waals surface area contributed by atoms with Gasteiger partial charge >= 0.3 is 0 Å². The molecule has 3 rings (SSSR count). The lowest BCUT2D eigenvalue weighted by Crippen LogP contribution is -2.54. The molecule has 2 unspecified atom stereocenters. The maximum atomic E-state index is 12.7. The van der Waals surface area contributed by atoms with Crippen molar-refractivity contribution in [2.75, 3.05) is 25.4 Å². The van der Waals surface area contributed by atoms with Crippen molar-refractivity contribution in [3.63, 3.8) is 0 Å². The summed E-state index contributed by atoms with van der Waals surface area (Å²) in [6.07, 6.45) is 2.36. The summed E-state index contributed by atoms with van der Waals surface area (Å²) >= 11 is 1.53. The number of nitrogens with zero attached hydrogens (tertiary/aromatic N) is 3. The summed E-state index contributed by atoms with van der Waals surface area (Å²) < 4.78 is 0. The molecular formula is C16H24N6O4S. The Morgan fingerprint density at radius 3 is 2.85 bits per heavy atom. The van der Waals surface area contributed by atoms with Crippen molar-refractivity contribution in [2.24, 2.45) is 16.5 Å². The Bertz CT molecular complexity index is 665. The molecule has 0 aliphatic carbocycles. The molecular weight excluding hydrogens is 372 g/mol. The lowest BCUT2D eigenvalue weighted by atomic mass is 10.0. The number of hydrogen-bond donors (Lipinski definition) is 3. The highest BCUT2D eigenvalue weighted by Crippen LogP contribution is 2.23. The Morgan fingerprint density at radius 1 is 1.41 bits per heavy atom. The SMILES string of the molecule is NC(=O)[C@@H]1CCCN1C(=O)[C@@H](N)CC1C(=O)N=CN1C(=O)C1CNCCS1. The van der Waals surface area contributed by atoms with Crippen LogP contribution in [0.5, 0.6) is 0 Å². The van der Waals surface area contributed by atoms with Crippen LogP contribution in [0.25, 0.3) is 0 Å². The minimum atomic E-state index is -1.02. The fourth-order valence-electron chi connectivity index (χ4n) is 3.60. The van der Waals surface area contributed by atoms with Crippen LogP contribution < -0.4 is 16.8 Å². The molecule has 3 aliphatic rings. The zero-order chi connectivity index (χ0) is 19.6. The first kappa shape index (κ1) is 19.8. The van der Waals surface area contributed by atoms with Gasteiger partial charge in [-0.1, -0.05) is 0 Å². The molecule has 5 N–H and O–H groups in total. The van der Waals surface area contributed by atoms with Gasteiger partial charge in [0.1, 0.15) is 18.4 Å². The molecule has 3 aliphatic heterocycles. The topological polar surface area (TPSA) is 151 Å². The van der Waals surface area contributed by atoms with Crippen molar-refractivity contribution in [3.8, 4) is 0 Å². The van der Waals surface area contributed by atoms with Gasteiger partial charge in [0.15, 0.2) is 0 Å². The van der Waals surface area contributed by atoms with E-state index in [1.54, 1.807) is 0 Å². The molecule has 10 nitrogen and oxygen atoms in total. The molecule has 0 spiro atoms. The Kier molecular flexibility index (Phi) is 6.12. The molecule has 11 heteroatoms. The summed E-state index contributed by atoms with van der Waals surface area (Å²) in [6.45, 7) is 1.76. The van der Waals surface area contributed by atoms with Crippen LogP contribution in [0.1, 0.15) is 19.3 Å². The molecule has 2 saturated heterocycles. The molecule has 4 amide bonds. The van der Waals surface area contributed by atoms with Crippen LogP contribution in [0.3, 0.4) is 0 Å². The third-order valence-electron chi connectivity index (χ3n) is 5.05. The molecule has 0 aromatic heterocycles. The molecule has 27 heavy (non-hydrogen) atoms.